The van der Waals surface area contributed by atoms with E-state index in [2.05, 4.69) is 11.8 Å². The van der Waals surface area contributed by atoms with Gasteiger partial charge in [0.1, 0.15) is 5.60 Å². The van der Waals surface area contributed by atoms with Crippen LogP contribution in [0, 0.1) is 11.8 Å². The molecule has 0 unspecified atom stereocenters. The van der Waals surface area contributed by atoms with Gasteiger partial charge in [0.2, 0.25) is 0 Å². The highest BCUT2D eigenvalue weighted by Gasteiger charge is 2.13. The van der Waals surface area contributed by atoms with Crippen molar-refractivity contribution in [3.05, 3.63) is 0 Å². The fourth-order valence-electron chi connectivity index (χ4n) is 0.464. The van der Waals surface area contributed by atoms with Crippen LogP contribution in [0.1, 0.15) is 34.1 Å². The summed E-state index contributed by atoms with van der Waals surface area (Å²) in [5.74, 6) is 4.58. The SMILES string of the molecule is CCC#CC(=O)OC(C)(C)C. The molecule has 0 aliphatic carbocycles. The number of carbonyl (C=O) groups is 1. The minimum atomic E-state index is -0.445. The number of esters is 1. The van der Waals surface area contributed by atoms with E-state index in [1.807, 2.05) is 27.7 Å². The van der Waals surface area contributed by atoms with Gasteiger partial charge in [0.05, 0.1) is 0 Å². The molecule has 0 spiro atoms. The van der Waals surface area contributed by atoms with Gasteiger partial charge in [-0.05, 0) is 20.8 Å². The van der Waals surface area contributed by atoms with E-state index < -0.39 is 11.6 Å². The molecule has 11 heavy (non-hydrogen) atoms. The normalized spacial score (nSPS) is 9.82. The van der Waals surface area contributed by atoms with Crippen LogP contribution in [0.15, 0.2) is 0 Å². The molecule has 0 aromatic rings. The predicted molar refractivity (Wildman–Crippen MR) is 43.9 cm³/mol. The first kappa shape index (κ1) is 10.0. The Morgan fingerprint density at radius 3 is 2.36 bits per heavy atom. The fourth-order valence-corrected chi connectivity index (χ4v) is 0.464. The van der Waals surface area contributed by atoms with Crippen LogP contribution in [0.4, 0.5) is 0 Å². The summed E-state index contributed by atoms with van der Waals surface area (Å²) in [6, 6.07) is 0. The second kappa shape index (κ2) is 4.02. The number of hydrogen-bond donors (Lipinski definition) is 0. The van der Waals surface area contributed by atoms with Crippen molar-refractivity contribution in [2.75, 3.05) is 0 Å². The third-order valence-corrected chi connectivity index (χ3v) is 0.766. The molecule has 0 rings (SSSR count). The molecule has 0 aromatic carbocycles. The van der Waals surface area contributed by atoms with Crippen molar-refractivity contribution in [2.24, 2.45) is 0 Å². The van der Waals surface area contributed by atoms with Crippen molar-refractivity contribution < 1.29 is 9.53 Å². The second-order valence-corrected chi connectivity index (χ2v) is 3.16. The molecule has 0 saturated heterocycles. The van der Waals surface area contributed by atoms with Crippen LogP contribution >= 0.6 is 0 Å². The van der Waals surface area contributed by atoms with E-state index in [1.54, 1.807) is 0 Å². The zero-order valence-corrected chi connectivity index (χ0v) is 7.52. The molecule has 0 aliphatic rings. The summed E-state index contributed by atoms with van der Waals surface area (Å²) in [5, 5.41) is 0. The lowest BCUT2D eigenvalue weighted by Gasteiger charge is -2.16. The quantitative estimate of drug-likeness (QED) is 0.302. The van der Waals surface area contributed by atoms with Gasteiger partial charge in [-0.1, -0.05) is 12.8 Å². The van der Waals surface area contributed by atoms with Crippen molar-refractivity contribution in [3.63, 3.8) is 0 Å². The van der Waals surface area contributed by atoms with E-state index in [4.69, 9.17) is 4.74 Å². The van der Waals surface area contributed by atoms with Crippen molar-refractivity contribution >= 4 is 5.97 Å². The Hall–Kier alpha value is -0.970. The Kier molecular flexibility index (Phi) is 3.67. The van der Waals surface area contributed by atoms with Crippen LogP contribution in [0.25, 0.3) is 0 Å². The van der Waals surface area contributed by atoms with Gasteiger partial charge in [-0.2, -0.15) is 0 Å². The van der Waals surface area contributed by atoms with Gasteiger partial charge in [-0.15, -0.1) is 0 Å². The maximum Gasteiger partial charge on any atom is 0.384 e. The van der Waals surface area contributed by atoms with E-state index in [0.29, 0.717) is 6.42 Å². The van der Waals surface area contributed by atoms with Gasteiger partial charge >= 0.3 is 5.97 Å². The van der Waals surface area contributed by atoms with Gasteiger partial charge in [0.25, 0.3) is 0 Å². The van der Waals surface area contributed by atoms with E-state index in [1.165, 1.54) is 0 Å². The summed E-state index contributed by atoms with van der Waals surface area (Å²) in [4.78, 5) is 10.8. The van der Waals surface area contributed by atoms with Crippen LogP contribution in [0.2, 0.25) is 0 Å². The summed E-state index contributed by atoms with van der Waals surface area (Å²) >= 11 is 0. The van der Waals surface area contributed by atoms with E-state index in [9.17, 15) is 4.79 Å². The molecule has 2 nitrogen and oxygen atoms in total. The Labute approximate surface area is 67.9 Å². The van der Waals surface area contributed by atoms with Crippen molar-refractivity contribution in [1.29, 1.82) is 0 Å². The van der Waals surface area contributed by atoms with Crippen LogP contribution in [-0.2, 0) is 9.53 Å². The Morgan fingerprint density at radius 2 is 2.00 bits per heavy atom. The highest BCUT2D eigenvalue weighted by atomic mass is 16.6. The lowest BCUT2D eigenvalue weighted by molar-refractivity contribution is -0.147. The molecule has 0 fully saturated rings. The summed E-state index contributed by atoms with van der Waals surface area (Å²) in [6.45, 7) is 7.34. The number of carbonyl (C=O) groups excluding carboxylic acids is 1. The average molecular weight is 154 g/mol. The standard InChI is InChI=1S/C9H14O2/c1-5-6-7-8(10)11-9(2,3)4/h5H2,1-4H3. The molecule has 0 bridgehead atoms. The van der Waals surface area contributed by atoms with Gasteiger partial charge in [0.15, 0.2) is 0 Å². The van der Waals surface area contributed by atoms with Gasteiger partial charge in [0, 0.05) is 12.3 Å². The molecule has 0 heterocycles. The van der Waals surface area contributed by atoms with Gasteiger partial charge < -0.3 is 4.74 Å². The molecule has 0 saturated carbocycles. The first-order valence-electron chi connectivity index (χ1n) is 3.67. The van der Waals surface area contributed by atoms with Crippen molar-refractivity contribution in [2.45, 2.75) is 39.7 Å². The summed E-state index contributed by atoms with van der Waals surface area (Å²) in [6.07, 6.45) is 0.680. The summed E-state index contributed by atoms with van der Waals surface area (Å²) in [5.41, 5.74) is -0.431. The monoisotopic (exact) mass is 154 g/mol. The predicted octanol–water partition coefficient (Wildman–Crippen LogP) is 1.74. The third-order valence-electron chi connectivity index (χ3n) is 0.766. The van der Waals surface area contributed by atoms with E-state index >= 15 is 0 Å². The molecule has 0 N–H and O–H groups in total. The second-order valence-electron chi connectivity index (χ2n) is 3.16. The first-order valence-corrected chi connectivity index (χ1v) is 3.67. The molecule has 0 radical (unpaired) electrons. The summed E-state index contributed by atoms with van der Waals surface area (Å²) < 4.78 is 4.93. The third kappa shape index (κ3) is 6.92. The molecular weight excluding hydrogens is 140 g/mol. The molecule has 0 atom stereocenters. The molecule has 62 valence electrons. The lowest BCUT2D eigenvalue weighted by Crippen LogP contribution is -2.22. The maximum absolute atomic E-state index is 10.8. The zero-order chi connectivity index (χ0) is 8.91. The topological polar surface area (TPSA) is 26.3 Å². The smallest absolute Gasteiger partial charge is 0.384 e. The fraction of sp³-hybridized carbons (Fsp3) is 0.667. The zero-order valence-electron chi connectivity index (χ0n) is 7.52. The average Bonchev–Trinajstić information content (AvgIpc) is 1.79. The van der Waals surface area contributed by atoms with Crippen LogP contribution in [0.3, 0.4) is 0 Å². The molecule has 0 amide bonds. The van der Waals surface area contributed by atoms with Crippen LogP contribution in [0.5, 0.6) is 0 Å². The lowest BCUT2D eigenvalue weighted by atomic mass is 10.2. The number of rotatable bonds is 0. The minimum Gasteiger partial charge on any atom is -0.450 e. The Bertz CT molecular complexity index is 188. The number of ether oxygens (including phenoxy) is 1. The highest BCUT2D eigenvalue weighted by Crippen LogP contribution is 2.05. The van der Waals surface area contributed by atoms with E-state index in [-0.39, 0.29) is 0 Å². The van der Waals surface area contributed by atoms with Gasteiger partial charge in [-0.25, -0.2) is 4.79 Å². The van der Waals surface area contributed by atoms with E-state index in [0.717, 1.165) is 0 Å². The molecular formula is C9H14O2. The minimum absolute atomic E-state index is 0.431. The summed E-state index contributed by atoms with van der Waals surface area (Å²) in [7, 11) is 0. The van der Waals surface area contributed by atoms with Gasteiger partial charge in [-0.3, -0.25) is 0 Å². The highest BCUT2D eigenvalue weighted by molar-refractivity contribution is 5.88. The van der Waals surface area contributed by atoms with Crippen LogP contribution in [-0.4, -0.2) is 11.6 Å². The number of hydrogen-bond acceptors (Lipinski definition) is 2. The van der Waals surface area contributed by atoms with Crippen molar-refractivity contribution in [1.82, 2.24) is 0 Å². The van der Waals surface area contributed by atoms with Crippen molar-refractivity contribution in [3.8, 4) is 11.8 Å². The largest absolute Gasteiger partial charge is 0.450 e. The Morgan fingerprint density at radius 1 is 1.45 bits per heavy atom. The molecule has 0 aliphatic heterocycles. The molecule has 2 heteroatoms. The van der Waals surface area contributed by atoms with Crippen LogP contribution < -0.4 is 0 Å². The Balaban J connectivity index is 3.89. The first-order chi connectivity index (χ1) is 4.95. The molecule has 0 aromatic heterocycles. The maximum atomic E-state index is 10.8.